The Labute approximate surface area is 317 Å². The molecule has 5 amide bonds. The second-order valence-electron chi connectivity index (χ2n) is 18.4. The molecule has 13 heteroatoms. The van der Waals surface area contributed by atoms with Gasteiger partial charge in [-0.25, -0.2) is 13.2 Å². The van der Waals surface area contributed by atoms with Gasteiger partial charge in [0, 0.05) is 25.4 Å². The average molecular weight is 760 g/mol. The van der Waals surface area contributed by atoms with E-state index in [0.29, 0.717) is 38.6 Å². The van der Waals surface area contributed by atoms with Gasteiger partial charge in [-0.1, -0.05) is 73.1 Å². The van der Waals surface area contributed by atoms with Crippen LogP contribution >= 0.6 is 0 Å². The summed E-state index contributed by atoms with van der Waals surface area (Å²) in [6.45, 7) is 15.7. The Morgan fingerprint density at radius 3 is 2.04 bits per heavy atom. The Balaban J connectivity index is 1.65. The van der Waals surface area contributed by atoms with Gasteiger partial charge in [0.05, 0.1) is 22.1 Å². The van der Waals surface area contributed by atoms with E-state index >= 15 is 4.79 Å². The van der Waals surface area contributed by atoms with Crippen molar-refractivity contribution in [2.75, 3.05) is 18.8 Å². The summed E-state index contributed by atoms with van der Waals surface area (Å²) < 4.78 is 25.9. The summed E-state index contributed by atoms with van der Waals surface area (Å²) in [5, 5.41) is 11.5. The van der Waals surface area contributed by atoms with Gasteiger partial charge in [-0.15, -0.1) is 12.3 Å². The maximum absolute atomic E-state index is 15.0. The highest BCUT2D eigenvalue weighted by molar-refractivity contribution is 7.92. The van der Waals surface area contributed by atoms with Crippen LogP contribution in [0.25, 0.3) is 0 Å². The molecule has 1 heterocycles. The number of nitrogens with one attached hydrogen (secondary N) is 4. The van der Waals surface area contributed by atoms with Crippen LogP contribution < -0.4 is 21.3 Å². The molecule has 298 valence electrons. The number of sulfone groups is 1. The van der Waals surface area contributed by atoms with Crippen molar-refractivity contribution < 1.29 is 32.4 Å². The van der Waals surface area contributed by atoms with Gasteiger partial charge in [0.1, 0.15) is 12.1 Å². The Morgan fingerprint density at radius 2 is 1.49 bits per heavy atom. The number of nitrogens with zero attached hydrogens (tertiary/aromatic N) is 1. The van der Waals surface area contributed by atoms with E-state index in [1.165, 1.54) is 0 Å². The minimum Gasteiger partial charge on any atom is -0.349 e. The third kappa shape index (κ3) is 8.73. The third-order valence-electron chi connectivity index (χ3n) is 13.3. The van der Waals surface area contributed by atoms with Crippen LogP contribution in [0.5, 0.6) is 0 Å². The quantitative estimate of drug-likeness (QED) is 0.150. The van der Waals surface area contributed by atoms with Crippen LogP contribution in [0.3, 0.4) is 0 Å². The van der Waals surface area contributed by atoms with Crippen LogP contribution in [0.4, 0.5) is 4.79 Å². The monoisotopic (exact) mass is 759 g/mol. The molecule has 3 aliphatic carbocycles. The molecule has 0 bridgehead atoms. The second kappa shape index (κ2) is 15.9. The number of Topliss-reactive ketones (excluding diaryl/α,β-unsaturated/α-hetero) is 1. The standard InChI is InChI=1S/C40H65N5O7S/c1-10-12-19-27(29(46)33(48)41-24-11-2)42-32(47)28-30-37(6,7)39(30,9)25-45(28)34(49)31(38(8)20-15-13-16-21-38)43-35(50)44-40(22-17-14-18-23-40)26-53(51,52)36(3,4)5/h1,27-28,30-31H,11-26H2,2-9H3,(H,41,48)(H,42,47)(H2,43,44,50)/t27?,28-,30?,31+,39?/m0/s1. The molecule has 4 rings (SSSR count). The van der Waals surface area contributed by atoms with Crippen molar-refractivity contribution in [1.29, 1.82) is 0 Å². The highest BCUT2D eigenvalue weighted by Gasteiger charge is 2.77. The van der Waals surface area contributed by atoms with Crippen LogP contribution in [0.15, 0.2) is 0 Å². The van der Waals surface area contributed by atoms with Crippen LogP contribution in [0.1, 0.15) is 139 Å². The Bertz CT molecular complexity index is 1570. The van der Waals surface area contributed by atoms with E-state index in [1.807, 2.05) is 13.8 Å². The number of likely N-dealkylation sites (tertiary alicyclic amines) is 1. The number of carbonyl (C=O) groups excluding carboxylic acids is 5. The summed E-state index contributed by atoms with van der Waals surface area (Å²) in [4.78, 5) is 71.0. The van der Waals surface area contributed by atoms with E-state index in [1.54, 1.807) is 25.7 Å². The van der Waals surface area contributed by atoms with Gasteiger partial charge >= 0.3 is 6.03 Å². The summed E-state index contributed by atoms with van der Waals surface area (Å²) in [5.41, 5.74) is -2.26. The van der Waals surface area contributed by atoms with E-state index in [-0.39, 0.29) is 42.4 Å². The van der Waals surface area contributed by atoms with Gasteiger partial charge in [-0.3, -0.25) is 19.2 Å². The van der Waals surface area contributed by atoms with E-state index in [4.69, 9.17) is 6.42 Å². The molecule has 0 aromatic carbocycles. The topological polar surface area (TPSA) is 171 Å². The van der Waals surface area contributed by atoms with Gasteiger partial charge < -0.3 is 26.2 Å². The van der Waals surface area contributed by atoms with Crippen molar-refractivity contribution in [3.8, 4) is 12.3 Å². The number of piperidine rings is 1. The lowest BCUT2D eigenvalue weighted by atomic mass is 9.70. The summed E-state index contributed by atoms with van der Waals surface area (Å²) in [5.74, 6) is -0.406. The number of ketones is 1. The molecule has 0 spiro atoms. The largest absolute Gasteiger partial charge is 0.349 e. The molecule has 5 atom stereocenters. The highest BCUT2D eigenvalue weighted by atomic mass is 32.2. The molecule has 53 heavy (non-hydrogen) atoms. The third-order valence-corrected chi connectivity index (χ3v) is 16.1. The Hall–Kier alpha value is -3.14. The SMILES string of the molecule is C#CCCC(NC(=O)[C@@H]1C2C(C)(C)C2(C)CN1C(=O)[C@@H](NC(=O)NC1(CS(=O)(=O)C(C)(C)C)CCCCC1)C1(C)CCCCC1)C(=O)C(=O)NCCC. The first-order valence-corrected chi connectivity index (χ1v) is 21.4. The molecular weight excluding hydrogens is 695 g/mol. The number of terminal acetylenes is 1. The van der Waals surface area contributed by atoms with E-state index in [9.17, 15) is 27.6 Å². The van der Waals surface area contributed by atoms with Crippen LogP contribution in [0, 0.1) is 34.5 Å². The molecule has 0 radical (unpaired) electrons. The summed E-state index contributed by atoms with van der Waals surface area (Å²) in [6.07, 6.45) is 14.1. The average Bonchev–Trinajstić information content (AvgIpc) is 3.32. The van der Waals surface area contributed by atoms with Gasteiger partial charge in [-0.2, -0.15) is 0 Å². The van der Waals surface area contributed by atoms with E-state index in [0.717, 1.165) is 38.5 Å². The first kappa shape index (κ1) is 42.6. The molecule has 1 aliphatic heterocycles. The fourth-order valence-corrected chi connectivity index (χ4v) is 10.9. The van der Waals surface area contributed by atoms with Gasteiger partial charge in [0.2, 0.25) is 17.6 Å². The summed E-state index contributed by atoms with van der Waals surface area (Å²) >= 11 is 0. The molecule has 4 aliphatic rings. The molecule has 3 unspecified atom stereocenters. The molecule has 4 N–H and O–H groups in total. The zero-order valence-corrected chi connectivity index (χ0v) is 34.2. The number of carbonyl (C=O) groups is 5. The molecule has 4 fully saturated rings. The first-order chi connectivity index (χ1) is 24.6. The predicted molar refractivity (Wildman–Crippen MR) is 205 cm³/mol. The van der Waals surface area contributed by atoms with Crippen molar-refractivity contribution >= 4 is 39.4 Å². The molecule has 1 saturated heterocycles. The van der Waals surface area contributed by atoms with Crippen molar-refractivity contribution in [2.45, 2.75) is 167 Å². The van der Waals surface area contributed by atoms with Crippen LogP contribution in [0.2, 0.25) is 0 Å². The lowest BCUT2D eigenvalue weighted by Crippen LogP contribution is -2.65. The maximum Gasteiger partial charge on any atom is 0.315 e. The Morgan fingerprint density at radius 1 is 0.906 bits per heavy atom. The van der Waals surface area contributed by atoms with Crippen molar-refractivity contribution in [3.63, 3.8) is 0 Å². The maximum atomic E-state index is 15.0. The normalized spacial score (nSPS) is 26.9. The van der Waals surface area contributed by atoms with Crippen molar-refractivity contribution in [1.82, 2.24) is 26.2 Å². The summed E-state index contributed by atoms with van der Waals surface area (Å²) in [7, 11) is -3.58. The lowest BCUT2D eigenvalue weighted by Gasteiger charge is -2.44. The van der Waals surface area contributed by atoms with Crippen molar-refractivity contribution in [2.24, 2.45) is 22.2 Å². The number of rotatable bonds is 14. The number of amides is 5. The number of hydrogen-bond donors (Lipinski definition) is 4. The van der Waals surface area contributed by atoms with Gasteiger partial charge in [0.15, 0.2) is 9.84 Å². The second-order valence-corrected chi connectivity index (χ2v) is 21.2. The zero-order valence-electron chi connectivity index (χ0n) is 33.4. The predicted octanol–water partition coefficient (Wildman–Crippen LogP) is 4.41. The van der Waals surface area contributed by atoms with Gasteiger partial charge in [0.25, 0.3) is 5.91 Å². The number of hydrogen-bond acceptors (Lipinski definition) is 7. The minimum atomic E-state index is -3.58. The lowest BCUT2D eigenvalue weighted by molar-refractivity contribution is -0.146. The first-order valence-electron chi connectivity index (χ1n) is 19.8. The summed E-state index contributed by atoms with van der Waals surface area (Å²) in [6, 6.07) is -3.67. The van der Waals surface area contributed by atoms with Crippen LogP contribution in [-0.2, 0) is 29.0 Å². The molecular formula is C40H65N5O7S. The molecule has 0 aromatic heterocycles. The smallest absolute Gasteiger partial charge is 0.315 e. The molecule has 12 nitrogen and oxygen atoms in total. The van der Waals surface area contributed by atoms with E-state index < -0.39 is 72.7 Å². The fraction of sp³-hybridized carbons (Fsp3) is 0.825. The van der Waals surface area contributed by atoms with Crippen LogP contribution in [-0.4, -0.2) is 90.1 Å². The molecule has 0 aromatic rings. The number of urea groups is 1. The van der Waals surface area contributed by atoms with Crippen molar-refractivity contribution in [3.05, 3.63) is 0 Å². The zero-order chi connectivity index (χ0) is 39.6. The van der Waals surface area contributed by atoms with E-state index in [2.05, 4.69) is 48.0 Å². The number of fused-ring (bicyclic) bond motifs is 1. The fourth-order valence-electron chi connectivity index (χ4n) is 9.41. The highest BCUT2D eigenvalue weighted by Crippen LogP contribution is 2.74. The molecule has 3 saturated carbocycles. The minimum absolute atomic E-state index is 0.0711. The Kier molecular flexibility index (Phi) is 12.8. The van der Waals surface area contributed by atoms with Gasteiger partial charge in [-0.05, 0) is 75.5 Å².